The first-order valence-corrected chi connectivity index (χ1v) is 12.0. The van der Waals surface area contributed by atoms with Gasteiger partial charge in [0.25, 0.3) is 5.91 Å². The lowest BCUT2D eigenvalue weighted by molar-refractivity contribution is 0.0937. The number of carbonyl (C=O) groups excluding carboxylic acids is 1. The Morgan fingerprint density at radius 2 is 1.71 bits per heavy atom. The van der Waals surface area contributed by atoms with E-state index in [1.807, 2.05) is 68.4 Å². The third-order valence-electron chi connectivity index (χ3n) is 6.38. The van der Waals surface area contributed by atoms with Crippen molar-refractivity contribution in [3.8, 4) is 5.75 Å². The number of para-hydroxylation sites is 2. The quantitative estimate of drug-likeness (QED) is 0.316. The zero-order chi connectivity index (χ0) is 24.1. The van der Waals surface area contributed by atoms with Crippen molar-refractivity contribution in [2.24, 2.45) is 0 Å². The number of carbonyl (C=O) groups is 1. The summed E-state index contributed by atoms with van der Waals surface area (Å²) < 4.78 is 8.20. The Bertz CT molecular complexity index is 1240. The van der Waals surface area contributed by atoms with Gasteiger partial charge in [0.05, 0.1) is 23.6 Å². The van der Waals surface area contributed by atoms with Gasteiger partial charge in [0, 0.05) is 5.56 Å². The van der Waals surface area contributed by atoms with Crippen molar-refractivity contribution >= 4 is 16.9 Å². The normalized spacial score (nSPS) is 12.9. The second-order valence-corrected chi connectivity index (χ2v) is 8.90. The van der Waals surface area contributed by atoms with Crippen LogP contribution in [0.1, 0.15) is 66.5 Å². The first-order valence-electron chi connectivity index (χ1n) is 12.0. The van der Waals surface area contributed by atoms with Crippen molar-refractivity contribution < 1.29 is 9.53 Å². The molecule has 5 nitrogen and oxygen atoms in total. The van der Waals surface area contributed by atoms with Gasteiger partial charge in [0.2, 0.25) is 0 Å². The van der Waals surface area contributed by atoms with E-state index in [0.29, 0.717) is 24.6 Å². The third-order valence-corrected chi connectivity index (χ3v) is 6.38. The number of fused-ring (bicyclic) bond motifs is 1. The summed E-state index contributed by atoms with van der Waals surface area (Å²) in [6, 6.07) is 23.7. The average Bonchev–Trinajstić information content (AvgIpc) is 3.23. The molecule has 0 spiro atoms. The summed E-state index contributed by atoms with van der Waals surface area (Å²) >= 11 is 0. The van der Waals surface area contributed by atoms with Gasteiger partial charge in [-0.05, 0) is 68.1 Å². The lowest BCUT2D eigenvalue weighted by Crippen LogP contribution is -2.29. The van der Waals surface area contributed by atoms with Crippen molar-refractivity contribution in [3.63, 3.8) is 0 Å². The highest BCUT2D eigenvalue weighted by Gasteiger charge is 2.19. The van der Waals surface area contributed by atoms with Crippen molar-refractivity contribution in [2.45, 2.75) is 52.6 Å². The van der Waals surface area contributed by atoms with Gasteiger partial charge < -0.3 is 14.6 Å². The van der Waals surface area contributed by atoms with Gasteiger partial charge in [0.1, 0.15) is 18.2 Å². The number of rotatable bonds is 9. The average molecular weight is 456 g/mol. The second kappa shape index (κ2) is 10.6. The van der Waals surface area contributed by atoms with E-state index in [1.54, 1.807) is 0 Å². The van der Waals surface area contributed by atoms with Crippen molar-refractivity contribution in [1.29, 1.82) is 0 Å². The molecule has 1 aromatic heterocycles. The predicted molar refractivity (Wildman–Crippen MR) is 137 cm³/mol. The number of nitrogens with zero attached hydrogens (tertiary/aromatic N) is 2. The Morgan fingerprint density at radius 1 is 1.00 bits per heavy atom. The predicted octanol–water partition coefficient (Wildman–Crippen LogP) is 6.43. The van der Waals surface area contributed by atoms with Gasteiger partial charge in [-0.15, -0.1) is 0 Å². The highest BCUT2D eigenvalue weighted by molar-refractivity contribution is 5.94. The number of aromatic nitrogens is 2. The Hall–Kier alpha value is -3.60. The lowest BCUT2D eigenvalue weighted by Gasteiger charge is -2.17. The Kier molecular flexibility index (Phi) is 7.31. The van der Waals surface area contributed by atoms with Gasteiger partial charge in [-0.25, -0.2) is 4.98 Å². The topological polar surface area (TPSA) is 56.1 Å². The summed E-state index contributed by atoms with van der Waals surface area (Å²) in [5.41, 5.74) is 5.04. The van der Waals surface area contributed by atoms with Crippen LogP contribution in [0.15, 0.2) is 72.8 Å². The van der Waals surface area contributed by atoms with Crippen molar-refractivity contribution in [1.82, 2.24) is 14.9 Å². The lowest BCUT2D eigenvalue weighted by atomic mass is 9.99. The number of ether oxygens (including phenoxy) is 1. The molecule has 1 heterocycles. The fourth-order valence-electron chi connectivity index (χ4n) is 4.09. The van der Waals surface area contributed by atoms with Crippen LogP contribution in [-0.4, -0.2) is 22.1 Å². The van der Waals surface area contributed by atoms with E-state index in [-0.39, 0.29) is 11.9 Å². The van der Waals surface area contributed by atoms with Gasteiger partial charge in [0.15, 0.2) is 0 Å². The molecule has 0 aliphatic rings. The molecule has 0 radical (unpaired) electrons. The monoisotopic (exact) mass is 455 g/mol. The number of hydrogen-bond donors (Lipinski definition) is 1. The van der Waals surface area contributed by atoms with Gasteiger partial charge in [-0.1, -0.05) is 55.8 Å². The first-order chi connectivity index (χ1) is 16.5. The van der Waals surface area contributed by atoms with Crippen LogP contribution in [0.4, 0.5) is 0 Å². The molecule has 1 amide bonds. The highest BCUT2D eigenvalue weighted by atomic mass is 16.5. The van der Waals surface area contributed by atoms with Crippen LogP contribution in [-0.2, 0) is 6.54 Å². The molecule has 0 saturated heterocycles. The molecule has 4 aromatic rings. The molecule has 0 fully saturated rings. The number of nitrogens with one attached hydrogen (secondary N) is 1. The van der Waals surface area contributed by atoms with E-state index in [2.05, 4.69) is 41.9 Å². The molecule has 34 heavy (non-hydrogen) atoms. The van der Waals surface area contributed by atoms with Crippen molar-refractivity contribution in [2.75, 3.05) is 6.61 Å². The fourth-order valence-corrected chi connectivity index (χ4v) is 4.09. The molecule has 176 valence electrons. The third kappa shape index (κ3) is 5.30. The molecule has 5 heteroatoms. The molecule has 2 atom stereocenters. The van der Waals surface area contributed by atoms with E-state index in [1.165, 1.54) is 5.56 Å². The number of benzene rings is 3. The molecule has 0 bridgehead atoms. The second-order valence-electron chi connectivity index (χ2n) is 8.90. The van der Waals surface area contributed by atoms with Crippen LogP contribution >= 0.6 is 0 Å². The number of amides is 1. The van der Waals surface area contributed by atoms with Crippen LogP contribution in [0, 0.1) is 6.92 Å². The first kappa shape index (κ1) is 23.6. The summed E-state index contributed by atoms with van der Waals surface area (Å²) in [6.07, 6.45) is 1.12. The number of aryl methyl sites for hydroxylation is 1. The maximum absolute atomic E-state index is 12.8. The molecular weight excluding hydrogens is 422 g/mol. The molecule has 0 aliphatic carbocycles. The fraction of sp³-hybridized carbons (Fsp3) is 0.310. The van der Waals surface area contributed by atoms with Gasteiger partial charge >= 0.3 is 0 Å². The zero-order valence-corrected chi connectivity index (χ0v) is 20.4. The smallest absolute Gasteiger partial charge is 0.251 e. The summed E-state index contributed by atoms with van der Waals surface area (Å²) in [7, 11) is 0. The summed E-state index contributed by atoms with van der Waals surface area (Å²) in [5, 5.41) is 3.10. The van der Waals surface area contributed by atoms with Crippen LogP contribution in [0.2, 0.25) is 0 Å². The minimum Gasteiger partial charge on any atom is -0.492 e. The standard InChI is InChI=1S/C29H33N3O2/c1-5-21(3)23-14-16-25(17-15-23)34-19-18-32-27-9-7-6-8-26(27)31-28(32)22(4)30-29(33)24-12-10-20(2)11-13-24/h6-17,21-22H,5,18-19H2,1-4H3,(H,30,33). The van der Waals surface area contributed by atoms with Crippen molar-refractivity contribution in [3.05, 3.63) is 95.3 Å². The van der Waals surface area contributed by atoms with E-state index >= 15 is 0 Å². The zero-order valence-electron chi connectivity index (χ0n) is 20.4. The van der Waals surface area contributed by atoms with E-state index in [0.717, 1.165) is 34.6 Å². The van der Waals surface area contributed by atoms with Gasteiger partial charge in [-0.3, -0.25) is 4.79 Å². The molecular formula is C29H33N3O2. The molecule has 0 aliphatic heterocycles. The molecule has 3 aromatic carbocycles. The van der Waals surface area contributed by atoms with Gasteiger partial charge in [-0.2, -0.15) is 0 Å². The Morgan fingerprint density at radius 3 is 2.41 bits per heavy atom. The summed E-state index contributed by atoms with van der Waals surface area (Å²) in [6.45, 7) is 9.56. The van der Waals surface area contributed by atoms with E-state index in [4.69, 9.17) is 9.72 Å². The molecule has 2 unspecified atom stereocenters. The SMILES string of the molecule is CCC(C)c1ccc(OCCn2c(C(C)NC(=O)c3ccc(C)cc3)nc3ccccc32)cc1. The highest BCUT2D eigenvalue weighted by Crippen LogP contribution is 2.23. The number of hydrogen-bond acceptors (Lipinski definition) is 3. The minimum absolute atomic E-state index is 0.108. The van der Waals surface area contributed by atoms with Crippen LogP contribution in [0.25, 0.3) is 11.0 Å². The Balaban J connectivity index is 1.48. The van der Waals surface area contributed by atoms with E-state index in [9.17, 15) is 4.79 Å². The largest absolute Gasteiger partial charge is 0.492 e. The molecule has 1 N–H and O–H groups in total. The summed E-state index contributed by atoms with van der Waals surface area (Å²) in [4.78, 5) is 17.6. The van der Waals surface area contributed by atoms with Crippen LogP contribution < -0.4 is 10.1 Å². The summed E-state index contributed by atoms with van der Waals surface area (Å²) in [5.74, 6) is 2.12. The molecule has 0 saturated carbocycles. The van der Waals surface area contributed by atoms with Crippen LogP contribution in [0.5, 0.6) is 5.75 Å². The number of imidazole rings is 1. The Labute approximate surface area is 201 Å². The maximum Gasteiger partial charge on any atom is 0.251 e. The van der Waals surface area contributed by atoms with Crippen LogP contribution in [0.3, 0.4) is 0 Å². The minimum atomic E-state index is -0.254. The van der Waals surface area contributed by atoms with E-state index < -0.39 is 0 Å². The molecule has 4 rings (SSSR count). The maximum atomic E-state index is 12.8.